The first-order valence-corrected chi connectivity index (χ1v) is 10.1. The number of nitrogens with one attached hydrogen (secondary N) is 1. The van der Waals surface area contributed by atoms with E-state index in [1.54, 1.807) is 0 Å². The molecule has 0 heterocycles. The number of anilines is 1. The Bertz CT molecular complexity index is 832. The van der Waals surface area contributed by atoms with Gasteiger partial charge in [0.2, 0.25) is 0 Å². The molecule has 0 aromatic heterocycles. The van der Waals surface area contributed by atoms with Gasteiger partial charge < -0.3 is 19.5 Å². The van der Waals surface area contributed by atoms with Gasteiger partial charge in [-0.15, -0.1) is 0 Å². The summed E-state index contributed by atoms with van der Waals surface area (Å²) in [4.78, 5) is 0. The fourth-order valence-electron chi connectivity index (χ4n) is 2.71. The molecule has 1 atom stereocenters. The van der Waals surface area contributed by atoms with Crippen molar-refractivity contribution in [1.82, 2.24) is 0 Å². The van der Waals surface area contributed by atoms with E-state index in [1.807, 2.05) is 66.7 Å². The summed E-state index contributed by atoms with van der Waals surface area (Å²) < 4.78 is 17.2. The van der Waals surface area contributed by atoms with Crippen LogP contribution >= 0.6 is 0 Å². The van der Waals surface area contributed by atoms with Gasteiger partial charge in [0.25, 0.3) is 0 Å². The molecule has 0 aliphatic heterocycles. The predicted molar refractivity (Wildman–Crippen MR) is 118 cm³/mol. The van der Waals surface area contributed by atoms with E-state index in [-0.39, 0.29) is 6.10 Å². The zero-order valence-corrected chi connectivity index (χ0v) is 17.1. The maximum Gasteiger partial charge on any atom is 0.122 e. The second-order valence-electron chi connectivity index (χ2n) is 6.87. The summed E-state index contributed by atoms with van der Waals surface area (Å²) in [6.07, 6.45) is 1.24. The Labute approximate surface area is 173 Å². The zero-order valence-electron chi connectivity index (χ0n) is 17.1. The molecule has 3 aromatic rings. The Morgan fingerprint density at radius 1 is 0.724 bits per heavy atom. The van der Waals surface area contributed by atoms with Crippen LogP contribution in [0.1, 0.15) is 25.8 Å². The van der Waals surface area contributed by atoms with Crippen molar-refractivity contribution in [2.75, 3.05) is 18.5 Å². The topological polar surface area (TPSA) is 39.7 Å². The number of para-hydroxylation sites is 1. The fourth-order valence-corrected chi connectivity index (χ4v) is 2.71. The molecular weight excluding hydrogens is 362 g/mol. The molecular formula is C25H29NO3. The quantitative estimate of drug-likeness (QED) is 0.411. The molecule has 29 heavy (non-hydrogen) atoms. The number of ether oxygens (including phenoxy) is 3. The van der Waals surface area contributed by atoms with Crippen molar-refractivity contribution in [3.63, 3.8) is 0 Å². The van der Waals surface area contributed by atoms with Crippen molar-refractivity contribution >= 4 is 5.69 Å². The minimum Gasteiger partial charge on any atom is -0.491 e. The fraction of sp³-hybridized carbons (Fsp3) is 0.280. The van der Waals surface area contributed by atoms with Crippen LogP contribution in [0.5, 0.6) is 17.2 Å². The molecule has 4 nitrogen and oxygen atoms in total. The average Bonchev–Trinajstić information content (AvgIpc) is 2.77. The van der Waals surface area contributed by atoms with Crippen LogP contribution in [0.15, 0.2) is 78.9 Å². The summed E-state index contributed by atoms with van der Waals surface area (Å²) >= 11 is 0. The summed E-state index contributed by atoms with van der Waals surface area (Å²) in [5.74, 6) is 2.61. The van der Waals surface area contributed by atoms with E-state index in [4.69, 9.17) is 14.2 Å². The summed E-state index contributed by atoms with van der Waals surface area (Å²) in [5, 5.41) is 3.43. The van der Waals surface area contributed by atoms with Gasteiger partial charge in [0.1, 0.15) is 30.5 Å². The molecule has 0 amide bonds. The molecule has 3 rings (SSSR count). The third kappa shape index (κ3) is 7.07. The molecule has 0 fully saturated rings. The van der Waals surface area contributed by atoms with Gasteiger partial charge in [-0.2, -0.15) is 0 Å². The second kappa shape index (κ2) is 11.0. The lowest BCUT2D eigenvalue weighted by Gasteiger charge is -2.13. The average molecular weight is 392 g/mol. The van der Waals surface area contributed by atoms with Crippen molar-refractivity contribution in [3.05, 3.63) is 84.4 Å². The van der Waals surface area contributed by atoms with E-state index < -0.39 is 0 Å². The number of benzene rings is 3. The highest BCUT2D eigenvalue weighted by atomic mass is 16.5. The second-order valence-corrected chi connectivity index (χ2v) is 6.87. The maximum absolute atomic E-state index is 5.81. The van der Waals surface area contributed by atoms with Crippen molar-refractivity contribution in [3.8, 4) is 17.2 Å². The molecule has 3 aromatic carbocycles. The number of hydrogen-bond donors (Lipinski definition) is 1. The van der Waals surface area contributed by atoms with Gasteiger partial charge in [-0.05, 0) is 67.4 Å². The van der Waals surface area contributed by atoms with Crippen LogP contribution in [0.4, 0.5) is 5.69 Å². The SMILES string of the molecule is CCC(C)Oc1ccc(NCc2ccc(OCCOc3ccccc3)cc2)cc1. The Hall–Kier alpha value is -3.14. The van der Waals surface area contributed by atoms with Crippen LogP contribution in [-0.4, -0.2) is 19.3 Å². The minimum atomic E-state index is 0.236. The molecule has 0 spiro atoms. The number of hydrogen-bond acceptors (Lipinski definition) is 4. The molecule has 4 heteroatoms. The first kappa shape index (κ1) is 20.6. The smallest absolute Gasteiger partial charge is 0.122 e. The Morgan fingerprint density at radius 2 is 1.31 bits per heavy atom. The normalized spacial score (nSPS) is 11.5. The lowest BCUT2D eigenvalue weighted by Crippen LogP contribution is -2.09. The standard InChI is InChI=1S/C25H29NO3/c1-3-20(2)29-25-15-11-22(12-16-25)26-19-21-9-13-24(14-10-21)28-18-17-27-23-7-5-4-6-8-23/h4-16,20,26H,3,17-19H2,1-2H3. The van der Waals surface area contributed by atoms with Crippen molar-refractivity contribution in [1.29, 1.82) is 0 Å². The monoisotopic (exact) mass is 391 g/mol. The van der Waals surface area contributed by atoms with Gasteiger partial charge in [0.15, 0.2) is 0 Å². The van der Waals surface area contributed by atoms with Gasteiger partial charge >= 0.3 is 0 Å². The number of rotatable bonds is 11. The molecule has 0 radical (unpaired) electrons. The van der Waals surface area contributed by atoms with Crippen LogP contribution in [0, 0.1) is 0 Å². The van der Waals surface area contributed by atoms with Crippen LogP contribution in [0.2, 0.25) is 0 Å². The molecule has 0 aliphatic carbocycles. The Balaban J connectivity index is 1.38. The van der Waals surface area contributed by atoms with E-state index in [0.717, 1.165) is 35.9 Å². The summed E-state index contributed by atoms with van der Waals surface area (Å²) in [6.45, 7) is 5.98. The highest BCUT2D eigenvalue weighted by molar-refractivity contribution is 5.47. The lowest BCUT2D eigenvalue weighted by molar-refractivity contribution is 0.217. The van der Waals surface area contributed by atoms with Crippen LogP contribution < -0.4 is 19.5 Å². The van der Waals surface area contributed by atoms with Crippen LogP contribution in [0.25, 0.3) is 0 Å². The summed E-state index contributed by atoms with van der Waals surface area (Å²) in [5.41, 5.74) is 2.26. The Morgan fingerprint density at radius 3 is 1.93 bits per heavy atom. The van der Waals surface area contributed by atoms with Gasteiger partial charge in [-0.1, -0.05) is 37.3 Å². The third-order valence-corrected chi connectivity index (χ3v) is 4.55. The van der Waals surface area contributed by atoms with Crippen LogP contribution in [0.3, 0.4) is 0 Å². The molecule has 152 valence electrons. The highest BCUT2D eigenvalue weighted by Crippen LogP contribution is 2.19. The molecule has 1 N–H and O–H groups in total. The van der Waals surface area contributed by atoms with E-state index in [0.29, 0.717) is 13.2 Å². The first-order chi connectivity index (χ1) is 14.2. The summed E-state index contributed by atoms with van der Waals surface area (Å²) in [6, 6.07) is 26.0. The molecule has 0 saturated heterocycles. The van der Waals surface area contributed by atoms with Crippen molar-refractivity contribution in [2.45, 2.75) is 32.9 Å². The van der Waals surface area contributed by atoms with E-state index in [2.05, 4.69) is 31.3 Å². The molecule has 0 saturated carbocycles. The summed E-state index contributed by atoms with van der Waals surface area (Å²) in [7, 11) is 0. The Kier molecular flexibility index (Phi) is 7.81. The van der Waals surface area contributed by atoms with E-state index >= 15 is 0 Å². The maximum atomic E-state index is 5.81. The van der Waals surface area contributed by atoms with Gasteiger partial charge in [-0.3, -0.25) is 0 Å². The molecule has 0 aliphatic rings. The minimum absolute atomic E-state index is 0.236. The van der Waals surface area contributed by atoms with Crippen molar-refractivity contribution in [2.24, 2.45) is 0 Å². The molecule has 0 bridgehead atoms. The van der Waals surface area contributed by atoms with Gasteiger partial charge in [0.05, 0.1) is 6.10 Å². The molecule has 1 unspecified atom stereocenters. The third-order valence-electron chi connectivity index (χ3n) is 4.55. The van der Waals surface area contributed by atoms with E-state index in [1.165, 1.54) is 5.56 Å². The zero-order chi connectivity index (χ0) is 20.3. The first-order valence-electron chi connectivity index (χ1n) is 10.1. The predicted octanol–water partition coefficient (Wildman–Crippen LogP) is 5.93. The van der Waals surface area contributed by atoms with E-state index in [9.17, 15) is 0 Å². The lowest BCUT2D eigenvalue weighted by atomic mass is 10.2. The van der Waals surface area contributed by atoms with Crippen LogP contribution in [-0.2, 0) is 6.54 Å². The highest BCUT2D eigenvalue weighted by Gasteiger charge is 2.02. The van der Waals surface area contributed by atoms with Gasteiger partial charge in [-0.25, -0.2) is 0 Å². The van der Waals surface area contributed by atoms with Crippen molar-refractivity contribution < 1.29 is 14.2 Å². The largest absolute Gasteiger partial charge is 0.491 e. The van der Waals surface area contributed by atoms with Gasteiger partial charge in [0, 0.05) is 12.2 Å².